The second-order valence-electron chi connectivity index (χ2n) is 4.60. The van der Waals surface area contributed by atoms with Crippen LogP contribution < -0.4 is 0 Å². The lowest BCUT2D eigenvalue weighted by Crippen LogP contribution is -2.08. The Bertz CT molecular complexity index is 722. The Morgan fingerprint density at radius 1 is 0.900 bits per heavy atom. The molecular formula is C16H13F2NO. The minimum Gasteiger partial charge on any atom is -0.382 e. The van der Waals surface area contributed by atoms with Crippen molar-refractivity contribution in [3.63, 3.8) is 0 Å². The number of fused-ring (bicyclic) bond motifs is 1. The molecule has 20 heavy (non-hydrogen) atoms. The molecule has 4 heteroatoms. The molecule has 0 saturated carbocycles. The summed E-state index contributed by atoms with van der Waals surface area (Å²) in [7, 11) is 0. The van der Waals surface area contributed by atoms with E-state index in [9.17, 15) is 13.9 Å². The molecular weight excluding hydrogens is 260 g/mol. The molecule has 0 amide bonds. The molecule has 2 aromatic carbocycles. The molecule has 0 spiro atoms. The van der Waals surface area contributed by atoms with Gasteiger partial charge in [-0.15, -0.1) is 0 Å². The van der Waals surface area contributed by atoms with Crippen LogP contribution in [0.3, 0.4) is 0 Å². The Morgan fingerprint density at radius 3 is 2.25 bits per heavy atom. The molecule has 0 aliphatic carbocycles. The molecule has 0 fully saturated rings. The molecule has 2 N–H and O–H groups in total. The maximum Gasteiger partial charge on any atom is 0.268 e. The first-order valence-electron chi connectivity index (χ1n) is 6.30. The number of alkyl halides is 2. The summed E-state index contributed by atoms with van der Waals surface area (Å²) >= 11 is 0. The molecule has 1 unspecified atom stereocenters. The molecule has 0 aliphatic rings. The summed E-state index contributed by atoms with van der Waals surface area (Å²) in [5, 5.41) is 10.5. The van der Waals surface area contributed by atoms with Crippen molar-refractivity contribution < 1.29 is 13.9 Å². The van der Waals surface area contributed by atoms with Crippen LogP contribution in [0.2, 0.25) is 0 Å². The zero-order valence-electron chi connectivity index (χ0n) is 10.6. The SMILES string of the molecule is OC(c1c(-c2ccccc2)[nH]c2ccccc12)C(F)F. The summed E-state index contributed by atoms with van der Waals surface area (Å²) in [5.41, 5.74) is 2.31. The number of halogens is 2. The van der Waals surface area contributed by atoms with E-state index in [4.69, 9.17) is 0 Å². The van der Waals surface area contributed by atoms with Crippen LogP contribution in [-0.4, -0.2) is 16.5 Å². The minimum absolute atomic E-state index is 0.252. The van der Waals surface area contributed by atoms with E-state index in [1.807, 2.05) is 42.5 Å². The van der Waals surface area contributed by atoms with Gasteiger partial charge in [-0.05, 0) is 11.6 Å². The molecule has 102 valence electrons. The fourth-order valence-corrected chi connectivity index (χ4v) is 2.43. The van der Waals surface area contributed by atoms with Crippen molar-refractivity contribution in [1.29, 1.82) is 0 Å². The minimum atomic E-state index is -2.82. The Kier molecular flexibility index (Phi) is 3.24. The topological polar surface area (TPSA) is 36.0 Å². The van der Waals surface area contributed by atoms with Crippen molar-refractivity contribution in [3.8, 4) is 11.3 Å². The van der Waals surface area contributed by atoms with Gasteiger partial charge < -0.3 is 10.1 Å². The molecule has 0 radical (unpaired) electrons. The van der Waals surface area contributed by atoms with E-state index < -0.39 is 12.5 Å². The van der Waals surface area contributed by atoms with Gasteiger partial charge in [0.2, 0.25) is 0 Å². The normalized spacial score (nSPS) is 13.0. The van der Waals surface area contributed by atoms with Crippen molar-refractivity contribution in [2.75, 3.05) is 0 Å². The number of para-hydroxylation sites is 1. The maximum absolute atomic E-state index is 13.0. The van der Waals surface area contributed by atoms with Gasteiger partial charge in [-0.25, -0.2) is 8.78 Å². The summed E-state index contributed by atoms with van der Waals surface area (Å²) in [6.07, 6.45) is -4.63. The molecule has 0 saturated heterocycles. The number of hydrogen-bond donors (Lipinski definition) is 2. The number of hydrogen-bond acceptors (Lipinski definition) is 1. The number of benzene rings is 2. The molecule has 1 atom stereocenters. The Morgan fingerprint density at radius 2 is 1.55 bits per heavy atom. The van der Waals surface area contributed by atoms with E-state index in [2.05, 4.69) is 4.98 Å². The van der Waals surface area contributed by atoms with E-state index in [0.717, 1.165) is 11.1 Å². The van der Waals surface area contributed by atoms with Gasteiger partial charge in [0.25, 0.3) is 6.43 Å². The molecule has 0 aliphatic heterocycles. The second-order valence-corrected chi connectivity index (χ2v) is 4.60. The van der Waals surface area contributed by atoms with Gasteiger partial charge in [0, 0.05) is 16.5 Å². The number of aliphatic hydroxyl groups excluding tert-OH is 1. The molecule has 3 aromatic rings. The average Bonchev–Trinajstić information content (AvgIpc) is 2.86. The van der Waals surface area contributed by atoms with Crippen molar-refractivity contribution in [3.05, 3.63) is 60.2 Å². The van der Waals surface area contributed by atoms with Crippen LogP contribution in [0.4, 0.5) is 8.78 Å². The van der Waals surface area contributed by atoms with E-state index in [1.165, 1.54) is 0 Å². The number of rotatable bonds is 3. The lowest BCUT2D eigenvalue weighted by molar-refractivity contribution is -0.00463. The Hall–Kier alpha value is -2.20. The quantitative estimate of drug-likeness (QED) is 0.739. The van der Waals surface area contributed by atoms with E-state index in [0.29, 0.717) is 11.1 Å². The van der Waals surface area contributed by atoms with Gasteiger partial charge >= 0.3 is 0 Å². The Balaban J connectivity index is 2.28. The monoisotopic (exact) mass is 273 g/mol. The third-order valence-electron chi connectivity index (χ3n) is 3.34. The number of aromatic nitrogens is 1. The first kappa shape index (κ1) is 12.8. The highest BCUT2D eigenvalue weighted by atomic mass is 19.3. The fraction of sp³-hybridized carbons (Fsp3) is 0.125. The zero-order valence-corrected chi connectivity index (χ0v) is 10.6. The number of aromatic amines is 1. The standard InChI is InChI=1S/C16H13F2NO/c17-16(18)15(20)13-11-8-4-5-9-12(11)19-14(13)10-6-2-1-3-7-10/h1-9,15-16,19-20H. The summed E-state index contributed by atoms with van der Waals surface area (Å²) < 4.78 is 25.9. The molecule has 1 heterocycles. The first-order chi connectivity index (χ1) is 9.68. The predicted octanol–water partition coefficient (Wildman–Crippen LogP) is 4.13. The van der Waals surface area contributed by atoms with Crippen molar-refractivity contribution in [1.82, 2.24) is 4.98 Å². The van der Waals surface area contributed by atoms with Crippen LogP contribution in [0, 0.1) is 0 Å². The summed E-state index contributed by atoms with van der Waals surface area (Å²) in [6, 6.07) is 16.3. The molecule has 1 aromatic heterocycles. The van der Waals surface area contributed by atoms with Crippen LogP contribution in [0.15, 0.2) is 54.6 Å². The van der Waals surface area contributed by atoms with E-state index in [-0.39, 0.29) is 5.56 Å². The van der Waals surface area contributed by atoms with Crippen LogP contribution in [0.5, 0.6) is 0 Å². The van der Waals surface area contributed by atoms with Crippen molar-refractivity contribution in [2.24, 2.45) is 0 Å². The van der Waals surface area contributed by atoms with E-state index >= 15 is 0 Å². The third-order valence-corrected chi connectivity index (χ3v) is 3.34. The Labute approximate surface area is 114 Å². The van der Waals surface area contributed by atoms with Gasteiger partial charge in [-0.3, -0.25) is 0 Å². The van der Waals surface area contributed by atoms with E-state index in [1.54, 1.807) is 12.1 Å². The lowest BCUT2D eigenvalue weighted by atomic mass is 10.0. The predicted molar refractivity (Wildman–Crippen MR) is 74.7 cm³/mol. The lowest BCUT2D eigenvalue weighted by Gasteiger charge is -2.11. The second kappa shape index (κ2) is 5.06. The summed E-state index contributed by atoms with van der Waals surface area (Å²) in [6.45, 7) is 0. The first-order valence-corrected chi connectivity index (χ1v) is 6.30. The highest BCUT2D eigenvalue weighted by Gasteiger charge is 2.26. The number of nitrogens with one attached hydrogen (secondary N) is 1. The maximum atomic E-state index is 13.0. The van der Waals surface area contributed by atoms with Gasteiger partial charge in [0.05, 0.1) is 5.69 Å². The largest absolute Gasteiger partial charge is 0.382 e. The fourth-order valence-electron chi connectivity index (χ4n) is 2.43. The number of H-pyrrole nitrogens is 1. The van der Waals surface area contributed by atoms with Gasteiger partial charge in [0.15, 0.2) is 0 Å². The van der Waals surface area contributed by atoms with Crippen LogP contribution in [0.1, 0.15) is 11.7 Å². The average molecular weight is 273 g/mol. The summed E-state index contributed by atoms with van der Waals surface area (Å²) in [5.74, 6) is 0. The van der Waals surface area contributed by atoms with Crippen molar-refractivity contribution in [2.45, 2.75) is 12.5 Å². The van der Waals surface area contributed by atoms with Gasteiger partial charge in [-0.2, -0.15) is 0 Å². The van der Waals surface area contributed by atoms with Gasteiger partial charge in [0.1, 0.15) is 6.10 Å². The smallest absolute Gasteiger partial charge is 0.268 e. The zero-order chi connectivity index (χ0) is 14.1. The molecule has 2 nitrogen and oxygen atoms in total. The van der Waals surface area contributed by atoms with Gasteiger partial charge in [-0.1, -0.05) is 48.5 Å². The van der Waals surface area contributed by atoms with Crippen LogP contribution in [-0.2, 0) is 0 Å². The summed E-state index contributed by atoms with van der Waals surface area (Å²) in [4.78, 5) is 3.12. The highest BCUT2D eigenvalue weighted by molar-refractivity contribution is 5.91. The van der Waals surface area contributed by atoms with Crippen LogP contribution >= 0.6 is 0 Å². The third kappa shape index (κ3) is 2.08. The number of aliphatic hydroxyl groups is 1. The highest BCUT2D eigenvalue weighted by Crippen LogP contribution is 2.36. The molecule has 0 bridgehead atoms. The van der Waals surface area contributed by atoms with Crippen LogP contribution in [0.25, 0.3) is 22.2 Å². The molecule has 3 rings (SSSR count). The van der Waals surface area contributed by atoms with Crippen molar-refractivity contribution >= 4 is 10.9 Å².